The maximum atomic E-state index is 14.0. The molecule has 1 aliphatic carbocycles. The molecule has 0 bridgehead atoms. The Morgan fingerprint density at radius 1 is 1.00 bits per heavy atom. The SMILES string of the molecule is CNC(c1c(F)cc(F)cc1F)C1Cc2ccccc2C1. The Hall–Kier alpha value is -1.81. The van der Waals surface area contributed by atoms with E-state index in [1.807, 2.05) is 24.3 Å². The maximum absolute atomic E-state index is 14.0. The highest BCUT2D eigenvalue weighted by atomic mass is 19.1. The Kier molecular flexibility index (Phi) is 3.72. The van der Waals surface area contributed by atoms with Gasteiger partial charge >= 0.3 is 0 Å². The van der Waals surface area contributed by atoms with Crippen LogP contribution in [0.4, 0.5) is 13.2 Å². The van der Waals surface area contributed by atoms with Crippen molar-refractivity contribution < 1.29 is 13.2 Å². The van der Waals surface area contributed by atoms with Crippen molar-refractivity contribution >= 4 is 0 Å². The molecule has 3 rings (SSSR count). The minimum absolute atomic E-state index is 0.0573. The first kappa shape index (κ1) is 14.1. The molecule has 0 saturated carbocycles. The van der Waals surface area contributed by atoms with Crippen molar-refractivity contribution in [3.05, 3.63) is 70.5 Å². The zero-order valence-corrected chi connectivity index (χ0v) is 11.7. The highest BCUT2D eigenvalue weighted by Gasteiger charge is 2.32. The number of benzene rings is 2. The Balaban J connectivity index is 1.94. The summed E-state index contributed by atoms with van der Waals surface area (Å²) < 4.78 is 41.1. The highest BCUT2D eigenvalue weighted by Crippen LogP contribution is 2.37. The zero-order chi connectivity index (χ0) is 15.0. The first-order chi connectivity index (χ1) is 10.1. The standard InChI is InChI=1S/C17H16F3N/c1-21-17(16-14(19)8-13(18)9-15(16)20)12-6-10-4-2-3-5-11(10)7-12/h2-5,8-9,12,17,21H,6-7H2,1H3. The summed E-state index contributed by atoms with van der Waals surface area (Å²) in [5, 5.41) is 2.99. The van der Waals surface area contributed by atoms with E-state index in [-0.39, 0.29) is 11.5 Å². The van der Waals surface area contributed by atoms with Crippen LogP contribution in [-0.2, 0) is 12.8 Å². The van der Waals surface area contributed by atoms with Gasteiger partial charge in [-0.2, -0.15) is 0 Å². The third kappa shape index (κ3) is 2.56. The summed E-state index contributed by atoms with van der Waals surface area (Å²) in [7, 11) is 1.68. The average molecular weight is 291 g/mol. The van der Waals surface area contributed by atoms with E-state index in [9.17, 15) is 13.2 Å². The van der Waals surface area contributed by atoms with E-state index in [0.29, 0.717) is 0 Å². The minimum atomic E-state index is -0.890. The molecule has 21 heavy (non-hydrogen) atoms. The monoisotopic (exact) mass is 291 g/mol. The van der Waals surface area contributed by atoms with E-state index < -0.39 is 23.5 Å². The lowest BCUT2D eigenvalue weighted by molar-refractivity contribution is 0.367. The van der Waals surface area contributed by atoms with Crippen molar-refractivity contribution in [1.29, 1.82) is 0 Å². The molecule has 1 unspecified atom stereocenters. The summed E-state index contributed by atoms with van der Waals surface area (Å²) in [6.07, 6.45) is 1.52. The van der Waals surface area contributed by atoms with Crippen LogP contribution < -0.4 is 5.32 Å². The molecule has 4 heteroatoms. The normalized spacial score (nSPS) is 16.0. The van der Waals surface area contributed by atoms with Crippen LogP contribution in [0.5, 0.6) is 0 Å². The lowest BCUT2D eigenvalue weighted by atomic mass is 9.90. The molecule has 0 aliphatic heterocycles. The fourth-order valence-corrected chi connectivity index (χ4v) is 3.29. The second kappa shape index (κ2) is 5.53. The summed E-state index contributed by atoms with van der Waals surface area (Å²) in [4.78, 5) is 0. The molecule has 1 nitrogen and oxygen atoms in total. The van der Waals surface area contributed by atoms with Gasteiger partial charge < -0.3 is 5.32 Å². The number of fused-ring (bicyclic) bond motifs is 1. The van der Waals surface area contributed by atoms with E-state index in [1.54, 1.807) is 7.05 Å². The van der Waals surface area contributed by atoms with Crippen LogP contribution in [0.1, 0.15) is 22.7 Å². The molecular formula is C17H16F3N. The van der Waals surface area contributed by atoms with Gasteiger partial charge in [-0.3, -0.25) is 0 Å². The smallest absolute Gasteiger partial charge is 0.133 e. The van der Waals surface area contributed by atoms with E-state index in [4.69, 9.17) is 0 Å². The molecule has 2 aromatic rings. The van der Waals surface area contributed by atoms with E-state index in [1.165, 1.54) is 11.1 Å². The average Bonchev–Trinajstić information content (AvgIpc) is 2.85. The number of rotatable bonds is 3. The Morgan fingerprint density at radius 3 is 2.00 bits per heavy atom. The molecule has 0 spiro atoms. The number of hydrogen-bond acceptors (Lipinski definition) is 1. The molecule has 1 aliphatic rings. The van der Waals surface area contributed by atoms with Gasteiger partial charge in [-0.25, -0.2) is 13.2 Å². The quantitative estimate of drug-likeness (QED) is 0.907. The summed E-state index contributed by atoms with van der Waals surface area (Å²) in [6.45, 7) is 0. The molecule has 2 aromatic carbocycles. The Morgan fingerprint density at radius 2 is 1.52 bits per heavy atom. The molecule has 0 radical (unpaired) electrons. The highest BCUT2D eigenvalue weighted by molar-refractivity contribution is 5.35. The predicted octanol–water partition coefficient (Wildman–Crippen LogP) is 3.78. The van der Waals surface area contributed by atoms with Gasteiger partial charge in [-0.05, 0) is 36.9 Å². The molecule has 110 valence electrons. The molecule has 0 fully saturated rings. The molecule has 0 aromatic heterocycles. The second-order valence-electron chi connectivity index (χ2n) is 5.49. The van der Waals surface area contributed by atoms with Crippen LogP contribution in [0.2, 0.25) is 0 Å². The number of nitrogens with one attached hydrogen (secondary N) is 1. The Bertz CT molecular complexity index is 621. The Labute approximate surface area is 121 Å². The van der Waals surface area contributed by atoms with Crippen LogP contribution in [-0.4, -0.2) is 7.05 Å². The van der Waals surface area contributed by atoms with Crippen LogP contribution in [0, 0.1) is 23.4 Å². The van der Waals surface area contributed by atoms with E-state index in [2.05, 4.69) is 5.32 Å². The number of hydrogen-bond donors (Lipinski definition) is 1. The van der Waals surface area contributed by atoms with Gasteiger partial charge in [0.05, 0.1) is 0 Å². The van der Waals surface area contributed by atoms with Crippen molar-refractivity contribution in [2.24, 2.45) is 5.92 Å². The fraction of sp³-hybridized carbons (Fsp3) is 0.294. The molecule has 0 amide bonds. The van der Waals surface area contributed by atoms with Gasteiger partial charge in [0.15, 0.2) is 0 Å². The third-order valence-electron chi connectivity index (χ3n) is 4.22. The van der Waals surface area contributed by atoms with Crippen molar-refractivity contribution in [3.8, 4) is 0 Å². The zero-order valence-electron chi connectivity index (χ0n) is 11.7. The first-order valence-electron chi connectivity index (χ1n) is 6.98. The number of halogens is 3. The van der Waals surface area contributed by atoms with Crippen molar-refractivity contribution in [2.75, 3.05) is 7.05 Å². The van der Waals surface area contributed by atoms with Gasteiger partial charge in [0.1, 0.15) is 17.5 Å². The van der Waals surface area contributed by atoms with Crippen molar-refractivity contribution in [2.45, 2.75) is 18.9 Å². The third-order valence-corrected chi connectivity index (χ3v) is 4.22. The summed E-state index contributed by atoms with van der Waals surface area (Å²) >= 11 is 0. The van der Waals surface area contributed by atoms with Gasteiger partial charge in [0.2, 0.25) is 0 Å². The van der Waals surface area contributed by atoms with Gasteiger partial charge in [-0.1, -0.05) is 24.3 Å². The molecule has 0 heterocycles. The van der Waals surface area contributed by atoms with E-state index >= 15 is 0 Å². The fourth-order valence-electron chi connectivity index (χ4n) is 3.29. The molecule has 1 N–H and O–H groups in total. The molecular weight excluding hydrogens is 275 g/mol. The maximum Gasteiger partial charge on any atom is 0.133 e. The van der Waals surface area contributed by atoms with Crippen LogP contribution >= 0.6 is 0 Å². The van der Waals surface area contributed by atoms with Gasteiger partial charge in [0, 0.05) is 23.7 Å². The summed E-state index contributed by atoms with van der Waals surface area (Å²) in [5.41, 5.74) is 2.35. The lowest BCUT2D eigenvalue weighted by Gasteiger charge is -2.24. The van der Waals surface area contributed by atoms with Crippen LogP contribution in [0.25, 0.3) is 0 Å². The van der Waals surface area contributed by atoms with E-state index in [0.717, 1.165) is 25.0 Å². The molecule has 0 saturated heterocycles. The predicted molar refractivity (Wildman–Crippen MR) is 75.5 cm³/mol. The summed E-state index contributed by atoms with van der Waals surface area (Å²) in [5.74, 6) is -2.49. The lowest BCUT2D eigenvalue weighted by Crippen LogP contribution is -2.28. The van der Waals surface area contributed by atoms with Crippen LogP contribution in [0.15, 0.2) is 36.4 Å². The largest absolute Gasteiger partial charge is 0.313 e. The second-order valence-corrected chi connectivity index (χ2v) is 5.49. The van der Waals surface area contributed by atoms with Crippen LogP contribution in [0.3, 0.4) is 0 Å². The minimum Gasteiger partial charge on any atom is -0.313 e. The van der Waals surface area contributed by atoms with Gasteiger partial charge in [0.25, 0.3) is 0 Å². The first-order valence-corrected chi connectivity index (χ1v) is 6.98. The van der Waals surface area contributed by atoms with Crippen molar-refractivity contribution in [1.82, 2.24) is 5.32 Å². The topological polar surface area (TPSA) is 12.0 Å². The van der Waals surface area contributed by atoms with Crippen molar-refractivity contribution in [3.63, 3.8) is 0 Å². The van der Waals surface area contributed by atoms with Gasteiger partial charge in [-0.15, -0.1) is 0 Å². The molecule has 1 atom stereocenters. The summed E-state index contributed by atoms with van der Waals surface area (Å²) in [6, 6.07) is 9.02.